The summed E-state index contributed by atoms with van der Waals surface area (Å²) in [7, 11) is -4.40. The van der Waals surface area contributed by atoms with Gasteiger partial charge >= 0.3 is 6.16 Å². The van der Waals surface area contributed by atoms with Crippen LogP contribution < -0.4 is 0 Å². The topological polar surface area (TPSA) is 35.5 Å². The summed E-state index contributed by atoms with van der Waals surface area (Å²) in [6.07, 6.45) is 11.8. The summed E-state index contributed by atoms with van der Waals surface area (Å²) in [6, 6.07) is 0. The average molecular weight is 431 g/mol. The van der Waals surface area contributed by atoms with Crippen molar-refractivity contribution in [1.29, 1.82) is 0 Å². The first kappa shape index (κ1) is 27.7. The molecule has 0 bridgehead atoms. The third-order valence-electron chi connectivity index (χ3n) is 7.25. The number of carbonyl (C=O) groups excluding carboxylic acids is 1. The molecule has 0 aromatic heterocycles. The van der Waals surface area contributed by atoms with E-state index in [1.807, 2.05) is 0 Å². The Kier molecular flexibility index (Phi) is 11.7. The van der Waals surface area contributed by atoms with Crippen LogP contribution in [0.5, 0.6) is 0 Å². The number of carbonyl (C=O) groups is 1. The van der Waals surface area contributed by atoms with Crippen molar-refractivity contribution in [2.75, 3.05) is 0 Å². The van der Waals surface area contributed by atoms with E-state index in [1.54, 1.807) is 0 Å². The fourth-order valence-corrected chi connectivity index (χ4v) is 6.41. The lowest BCUT2D eigenvalue weighted by atomic mass is 10.0. The van der Waals surface area contributed by atoms with E-state index in [2.05, 4.69) is 67.7 Å². The highest BCUT2D eigenvalue weighted by molar-refractivity contribution is 6.77. The van der Waals surface area contributed by atoms with Crippen molar-refractivity contribution < 1.29 is 13.6 Å². The minimum absolute atomic E-state index is 0.0567. The van der Waals surface area contributed by atoms with E-state index in [-0.39, 0.29) is 10.1 Å². The van der Waals surface area contributed by atoms with Gasteiger partial charge in [0.2, 0.25) is 0 Å². The zero-order valence-electron chi connectivity index (χ0n) is 20.8. The molecule has 0 saturated carbocycles. The Morgan fingerprint density at radius 1 is 0.643 bits per heavy atom. The van der Waals surface area contributed by atoms with E-state index in [0.717, 1.165) is 12.8 Å². The smallest absolute Gasteiger partial charge is 0.480 e. The zero-order valence-corrected chi connectivity index (χ0v) is 22.8. The SMILES string of the molecule is CCCCCCC(C)(C)[Si](C)(C)OC(=O)O[Si](C)(C)C(C)(C)CCCCCC. The predicted molar refractivity (Wildman–Crippen MR) is 128 cm³/mol. The second kappa shape index (κ2) is 11.8. The summed E-state index contributed by atoms with van der Waals surface area (Å²) in [5.74, 6) is 0. The van der Waals surface area contributed by atoms with E-state index < -0.39 is 22.8 Å². The minimum Gasteiger partial charge on any atom is -0.490 e. The lowest BCUT2D eigenvalue weighted by Gasteiger charge is -2.42. The molecule has 0 N–H and O–H groups in total. The second-order valence-corrected chi connectivity index (χ2v) is 20.0. The largest absolute Gasteiger partial charge is 0.490 e. The van der Waals surface area contributed by atoms with Crippen LogP contribution in [0.2, 0.25) is 36.3 Å². The fraction of sp³-hybridized carbons (Fsp3) is 0.957. The lowest BCUT2D eigenvalue weighted by Crippen LogP contribution is -2.49. The summed E-state index contributed by atoms with van der Waals surface area (Å²) in [5.41, 5.74) is 0. The maximum absolute atomic E-state index is 12.7. The zero-order chi connectivity index (χ0) is 22.1. The molecular weight excluding hydrogens is 380 g/mol. The van der Waals surface area contributed by atoms with Crippen LogP contribution in [0.1, 0.15) is 106 Å². The Morgan fingerprint density at radius 2 is 0.964 bits per heavy atom. The first-order valence-corrected chi connectivity index (χ1v) is 17.5. The summed E-state index contributed by atoms with van der Waals surface area (Å²) >= 11 is 0. The van der Waals surface area contributed by atoms with E-state index in [0.29, 0.717) is 0 Å². The Bertz CT molecular complexity index is 417. The normalized spacial score (nSPS) is 13.5. The lowest BCUT2D eigenvalue weighted by molar-refractivity contribution is 0.139. The number of hydrogen-bond acceptors (Lipinski definition) is 3. The van der Waals surface area contributed by atoms with Crippen LogP contribution in [-0.2, 0) is 8.85 Å². The molecule has 0 aromatic carbocycles. The Hall–Kier alpha value is -0.296. The molecule has 0 radical (unpaired) electrons. The highest BCUT2D eigenvalue weighted by atomic mass is 28.4. The molecule has 0 fully saturated rings. The van der Waals surface area contributed by atoms with Crippen molar-refractivity contribution in [3.8, 4) is 0 Å². The van der Waals surface area contributed by atoms with Gasteiger partial charge in [0.05, 0.1) is 0 Å². The van der Waals surface area contributed by atoms with Crippen LogP contribution in [0, 0.1) is 0 Å². The summed E-state index contributed by atoms with van der Waals surface area (Å²) in [6.45, 7) is 22.2. The van der Waals surface area contributed by atoms with Crippen molar-refractivity contribution in [3.05, 3.63) is 0 Å². The molecule has 0 unspecified atom stereocenters. The molecule has 0 heterocycles. The molecule has 0 saturated heterocycles. The van der Waals surface area contributed by atoms with Gasteiger partial charge in [-0.15, -0.1) is 0 Å². The molecule has 5 heteroatoms. The average Bonchev–Trinajstić information content (AvgIpc) is 2.54. The predicted octanol–water partition coefficient (Wildman–Crippen LogP) is 9.05. The van der Waals surface area contributed by atoms with Gasteiger partial charge in [-0.1, -0.05) is 92.9 Å². The van der Waals surface area contributed by atoms with Gasteiger partial charge in [-0.05, 0) is 49.1 Å². The molecule has 0 spiro atoms. The highest BCUT2D eigenvalue weighted by Gasteiger charge is 2.47. The monoisotopic (exact) mass is 430 g/mol. The molecule has 0 rings (SSSR count). The molecule has 0 atom stereocenters. The van der Waals surface area contributed by atoms with Gasteiger partial charge in [0, 0.05) is 0 Å². The van der Waals surface area contributed by atoms with Crippen molar-refractivity contribution >= 4 is 22.8 Å². The van der Waals surface area contributed by atoms with Crippen molar-refractivity contribution in [3.63, 3.8) is 0 Å². The van der Waals surface area contributed by atoms with Gasteiger partial charge in [-0.25, -0.2) is 4.79 Å². The molecule has 0 aromatic rings. The fourth-order valence-electron chi connectivity index (χ4n) is 3.30. The third-order valence-corrected chi connectivity index (χ3v) is 15.6. The molecule has 168 valence electrons. The summed E-state index contributed by atoms with van der Waals surface area (Å²) in [5, 5.41) is 0.113. The van der Waals surface area contributed by atoms with Gasteiger partial charge in [0.1, 0.15) is 0 Å². The third kappa shape index (κ3) is 9.02. The van der Waals surface area contributed by atoms with Crippen LogP contribution in [-0.4, -0.2) is 22.8 Å². The molecule has 28 heavy (non-hydrogen) atoms. The maximum Gasteiger partial charge on any atom is 0.480 e. The maximum atomic E-state index is 12.7. The van der Waals surface area contributed by atoms with Crippen molar-refractivity contribution in [1.82, 2.24) is 0 Å². The Morgan fingerprint density at radius 3 is 1.25 bits per heavy atom. The number of rotatable bonds is 14. The van der Waals surface area contributed by atoms with Gasteiger partial charge in [-0.2, -0.15) is 0 Å². The van der Waals surface area contributed by atoms with Crippen LogP contribution in [0.3, 0.4) is 0 Å². The van der Waals surface area contributed by atoms with Crippen molar-refractivity contribution in [2.24, 2.45) is 0 Å². The molecule has 3 nitrogen and oxygen atoms in total. The van der Waals surface area contributed by atoms with E-state index in [1.165, 1.54) is 51.4 Å². The van der Waals surface area contributed by atoms with Gasteiger partial charge in [0.15, 0.2) is 0 Å². The van der Waals surface area contributed by atoms with Gasteiger partial charge < -0.3 is 8.85 Å². The first-order valence-electron chi connectivity index (χ1n) is 11.6. The van der Waals surface area contributed by atoms with Crippen LogP contribution in [0.25, 0.3) is 0 Å². The molecular formula is C23H50O3Si2. The van der Waals surface area contributed by atoms with Gasteiger partial charge in [-0.3, -0.25) is 0 Å². The van der Waals surface area contributed by atoms with E-state index in [4.69, 9.17) is 8.85 Å². The van der Waals surface area contributed by atoms with Crippen LogP contribution >= 0.6 is 0 Å². The minimum atomic E-state index is -2.20. The van der Waals surface area contributed by atoms with E-state index in [9.17, 15) is 4.79 Å². The summed E-state index contributed by atoms with van der Waals surface area (Å²) < 4.78 is 12.1. The molecule has 0 aliphatic heterocycles. The number of unbranched alkanes of at least 4 members (excludes halogenated alkanes) is 6. The van der Waals surface area contributed by atoms with Gasteiger partial charge in [0.25, 0.3) is 16.6 Å². The quantitative estimate of drug-likeness (QED) is 0.203. The van der Waals surface area contributed by atoms with Crippen LogP contribution in [0.15, 0.2) is 0 Å². The molecule has 0 aliphatic carbocycles. The van der Waals surface area contributed by atoms with E-state index >= 15 is 0 Å². The standard InChI is InChI=1S/C23H50O3Si2/c1-11-13-15-17-19-22(3,4)27(7,8)25-21(24)26-28(9,10)23(5,6)20-18-16-14-12-2/h11-20H2,1-10H3. The molecule has 0 amide bonds. The Labute approximate surface area is 178 Å². The number of hydrogen-bond donors (Lipinski definition) is 0. The highest BCUT2D eigenvalue weighted by Crippen LogP contribution is 2.45. The first-order chi connectivity index (χ1) is 12.7. The Balaban J connectivity index is 4.80. The van der Waals surface area contributed by atoms with Crippen LogP contribution in [0.4, 0.5) is 4.79 Å². The summed E-state index contributed by atoms with van der Waals surface area (Å²) in [4.78, 5) is 12.7. The second-order valence-electron chi connectivity index (χ2n) is 10.9. The molecule has 0 aliphatic rings. The van der Waals surface area contributed by atoms with Crippen molar-refractivity contribution in [2.45, 2.75) is 142 Å².